The fourth-order valence-electron chi connectivity index (χ4n) is 2.12. The Labute approximate surface area is 127 Å². The third-order valence-electron chi connectivity index (χ3n) is 3.01. The standard InChI is InChI=1S/C16H27N3O2/c1-7-17-14-9-12(8-13(18-14)11(2)3)15(20)19(6)10-16(4,5)21/h8-9,11,21H,7,10H2,1-6H3,(H,17,18). The van der Waals surface area contributed by atoms with E-state index in [0.29, 0.717) is 11.4 Å². The Morgan fingerprint density at radius 1 is 1.43 bits per heavy atom. The number of rotatable bonds is 6. The molecule has 118 valence electrons. The molecule has 0 radical (unpaired) electrons. The monoisotopic (exact) mass is 293 g/mol. The first-order chi connectivity index (χ1) is 9.64. The first kappa shape index (κ1) is 17.4. The molecule has 1 aromatic rings. The smallest absolute Gasteiger partial charge is 0.253 e. The van der Waals surface area contributed by atoms with Crippen molar-refractivity contribution in [2.75, 3.05) is 25.5 Å². The number of carbonyl (C=O) groups is 1. The third kappa shape index (κ3) is 5.34. The second kappa shape index (κ2) is 6.89. The van der Waals surface area contributed by atoms with Gasteiger partial charge in [0.1, 0.15) is 5.82 Å². The lowest BCUT2D eigenvalue weighted by molar-refractivity contribution is 0.0368. The molecule has 1 heterocycles. The van der Waals surface area contributed by atoms with E-state index in [1.54, 1.807) is 27.0 Å². The molecular weight excluding hydrogens is 266 g/mol. The fraction of sp³-hybridized carbons (Fsp3) is 0.625. The number of hydrogen-bond acceptors (Lipinski definition) is 4. The van der Waals surface area contributed by atoms with Crippen LogP contribution in [-0.4, -0.2) is 46.6 Å². The highest BCUT2D eigenvalue weighted by Gasteiger charge is 2.21. The molecule has 0 bridgehead atoms. The van der Waals surface area contributed by atoms with E-state index in [4.69, 9.17) is 0 Å². The van der Waals surface area contributed by atoms with Gasteiger partial charge < -0.3 is 15.3 Å². The van der Waals surface area contributed by atoms with Crippen molar-refractivity contribution in [3.05, 3.63) is 23.4 Å². The fourth-order valence-corrected chi connectivity index (χ4v) is 2.12. The second-order valence-electron chi connectivity index (χ2n) is 6.32. The average molecular weight is 293 g/mol. The van der Waals surface area contributed by atoms with E-state index in [2.05, 4.69) is 10.3 Å². The molecule has 1 rings (SSSR count). The van der Waals surface area contributed by atoms with E-state index in [9.17, 15) is 9.90 Å². The molecule has 2 N–H and O–H groups in total. The molecule has 0 fully saturated rings. The molecule has 0 saturated carbocycles. The normalized spacial score (nSPS) is 11.6. The first-order valence-corrected chi connectivity index (χ1v) is 7.37. The van der Waals surface area contributed by atoms with Gasteiger partial charge in [-0.05, 0) is 38.8 Å². The number of nitrogens with one attached hydrogen (secondary N) is 1. The van der Waals surface area contributed by atoms with E-state index in [1.165, 1.54) is 4.90 Å². The number of hydrogen-bond donors (Lipinski definition) is 2. The van der Waals surface area contributed by atoms with E-state index >= 15 is 0 Å². The zero-order valence-corrected chi connectivity index (χ0v) is 13.9. The van der Waals surface area contributed by atoms with E-state index in [0.717, 1.165) is 12.2 Å². The maximum absolute atomic E-state index is 12.5. The maximum Gasteiger partial charge on any atom is 0.253 e. The van der Waals surface area contributed by atoms with Gasteiger partial charge >= 0.3 is 0 Å². The predicted octanol–water partition coefficient (Wildman–Crippen LogP) is 2.48. The Morgan fingerprint density at radius 2 is 2.05 bits per heavy atom. The van der Waals surface area contributed by atoms with Gasteiger partial charge in [-0.3, -0.25) is 4.79 Å². The van der Waals surface area contributed by atoms with Crippen molar-refractivity contribution in [1.82, 2.24) is 9.88 Å². The van der Waals surface area contributed by atoms with Crippen LogP contribution >= 0.6 is 0 Å². The van der Waals surface area contributed by atoms with E-state index in [-0.39, 0.29) is 18.4 Å². The van der Waals surface area contributed by atoms with Gasteiger partial charge in [-0.25, -0.2) is 4.98 Å². The molecule has 0 aliphatic carbocycles. The Hall–Kier alpha value is -1.62. The number of aliphatic hydroxyl groups is 1. The van der Waals surface area contributed by atoms with Gasteiger partial charge in [0.25, 0.3) is 5.91 Å². The summed E-state index contributed by atoms with van der Waals surface area (Å²) in [5.41, 5.74) is 0.563. The lowest BCUT2D eigenvalue weighted by atomic mass is 10.1. The Balaban J connectivity index is 3.07. The summed E-state index contributed by atoms with van der Waals surface area (Å²) in [6.45, 7) is 10.5. The quantitative estimate of drug-likeness (QED) is 0.845. The summed E-state index contributed by atoms with van der Waals surface area (Å²) in [6, 6.07) is 3.59. The summed E-state index contributed by atoms with van der Waals surface area (Å²) in [6.07, 6.45) is 0. The van der Waals surface area contributed by atoms with Crippen LogP contribution in [0.15, 0.2) is 12.1 Å². The number of carbonyl (C=O) groups excluding carboxylic acids is 1. The molecule has 1 aromatic heterocycles. The van der Waals surface area contributed by atoms with Crippen molar-refractivity contribution < 1.29 is 9.90 Å². The lowest BCUT2D eigenvalue weighted by Gasteiger charge is -2.26. The number of pyridine rings is 1. The van der Waals surface area contributed by atoms with Gasteiger partial charge in [-0.2, -0.15) is 0 Å². The van der Waals surface area contributed by atoms with Crippen LogP contribution in [0.4, 0.5) is 5.82 Å². The molecule has 0 aliphatic heterocycles. The SMILES string of the molecule is CCNc1cc(C(=O)N(C)CC(C)(C)O)cc(C(C)C)n1. The summed E-state index contributed by atoms with van der Waals surface area (Å²) in [5.74, 6) is 0.846. The molecule has 0 atom stereocenters. The van der Waals surface area contributed by atoms with Gasteiger partial charge in [0.2, 0.25) is 0 Å². The molecule has 0 saturated heterocycles. The van der Waals surface area contributed by atoms with Gasteiger partial charge in [-0.1, -0.05) is 13.8 Å². The van der Waals surface area contributed by atoms with Crippen LogP contribution in [0, 0.1) is 0 Å². The van der Waals surface area contributed by atoms with Crippen LogP contribution in [0.1, 0.15) is 56.6 Å². The third-order valence-corrected chi connectivity index (χ3v) is 3.01. The molecule has 1 amide bonds. The summed E-state index contributed by atoms with van der Waals surface area (Å²) in [7, 11) is 1.70. The molecule has 5 heteroatoms. The minimum absolute atomic E-state index is 0.111. The van der Waals surface area contributed by atoms with Crippen LogP contribution in [-0.2, 0) is 0 Å². The topological polar surface area (TPSA) is 65.5 Å². The van der Waals surface area contributed by atoms with E-state index in [1.807, 2.05) is 26.8 Å². The molecule has 0 spiro atoms. The van der Waals surface area contributed by atoms with Gasteiger partial charge in [0, 0.05) is 31.4 Å². The van der Waals surface area contributed by atoms with Crippen molar-refractivity contribution in [3.8, 4) is 0 Å². The highest BCUT2D eigenvalue weighted by molar-refractivity contribution is 5.95. The predicted molar refractivity (Wildman–Crippen MR) is 85.7 cm³/mol. The molecule has 0 aliphatic rings. The number of amides is 1. The highest BCUT2D eigenvalue weighted by Crippen LogP contribution is 2.19. The number of aromatic nitrogens is 1. The van der Waals surface area contributed by atoms with Crippen LogP contribution in [0.25, 0.3) is 0 Å². The zero-order valence-electron chi connectivity index (χ0n) is 13.9. The van der Waals surface area contributed by atoms with Crippen molar-refractivity contribution in [2.24, 2.45) is 0 Å². The minimum atomic E-state index is -0.914. The lowest BCUT2D eigenvalue weighted by Crippen LogP contribution is -2.39. The van der Waals surface area contributed by atoms with Crippen LogP contribution in [0.2, 0.25) is 0 Å². The zero-order chi connectivity index (χ0) is 16.2. The van der Waals surface area contributed by atoms with Crippen molar-refractivity contribution in [1.29, 1.82) is 0 Å². The molecule has 5 nitrogen and oxygen atoms in total. The number of nitrogens with zero attached hydrogens (tertiary/aromatic N) is 2. The van der Waals surface area contributed by atoms with Crippen LogP contribution in [0.3, 0.4) is 0 Å². The Morgan fingerprint density at radius 3 is 2.52 bits per heavy atom. The Kier molecular flexibility index (Phi) is 5.72. The summed E-state index contributed by atoms with van der Waals surface area (Å²) >= 11 is 0. The molecular formula is C16H27N3O2. The van der Waals surface area contributed by atoms with Crippen molar-refractivity contribution in [2.45, 2.75) is 46.1 Å². The summed E-state index contributed by atoms with van der Waals surface area (Å²) < 4.78 is 0. The maximum atomic E-state index is 12.5. The van der Waals surface area contributed by atoms with E-state index < -0.39 is 5.60 Å². The average Bonchev–Trinajstić information content (AvgIpc) is 2.35. The van der Waals surface area contributed by atoms with Crippen LogP contribution < -0.4 is 5.32 Å². The van der Waals surface area contributed by atoms with Crippen molar-refractivity contribution >= 4 is 11.7 Å². The van der Waals surface area contributed by atoms with Gasteiger partial charge in [0.15, 0.2) is 0 Å². The number of anilines is 1. The molecule has 0 aromatic carbocycles. The molecule has 21 heavy (non-hydrogen) atoms. The first-order valence-electron chi connectivity index (χ1n) is 7.37. The molecule has 0 unspecified atom stereocenters. The van der Waals surface area contributed by atoms with Crippen molar-refractivity contribution in [3.63, 3.8) is 0 Å². The van der Waals surface area contributed by atoms with Crippen LogP contribution in [0.5, 0.6) is 0 Å². The highest BCUT2D eigenvalue weighted by atomic mass is 16.3. The largest absolute Gasteiger partial charge is 0.389 e. The minimum Gasteiger partial charge on any atom is -0.389 e. The van der Waals surface area contributed by atoms with Gasteiger partial charge in [0.05, 0.1) is 5.60 Å². The second-order valence-corrected chi connectivity index (χ2v) is 6.32. The summed E-state index contributed by atoms with van der Waals surface area (Å²) in [4.78, 5) is 18.6. The number of likely N-dealkylation sites (N-methyl/N-ethyl adjacent to an activating group) is 1. The summed E-state index contributed by atoms with van der Waals surface area (Å²) in [5, 5.41) is 13.0. The Bertz CT molecular complexity index is 493. The van der Waals surface area contributed by atoms with Gasteiger partial charge in [-0.15, -0.1) is 0 Å².